The Morgan fingerprint density at radius 1 is 1.40 bits per heavy atom. The van der Waals surface area contributed by atoms with Crippen molar-refractivity contribution in [3.63, 3.8) is 0 Å². The molecule has 1 N–H and O–H groups in total. The summed E-state index contributed by atoms with van der Waals surface area (Å²) in [6.07, 6.45) is 0.534. The van der Waals surface area contributed by atoms with Crippen LogP contribution in [-0.2, 0) is 9.59 Å². The van der Waals surface area contributed by atoms with Gasteiger partial charge < -0.3 is 5.32 Å². The van der Waals surface area contributed by atoms with E-state index in [2.05, 4.69) is 21.2 Å². The summed E-state index contributed by atoms with van der Waals surface area (Å²) in [4.78, 5) is 26.4. The molecule has 1 saturated heterocycles. The van der Waals surface area contributed by atoms with Gasteiger partial charge in [-0.1, -0.05) is 24.6 Å². The minimum absolute atomic E-state index is 0.146. The van der Waals surface area contributed by atoms with E-state index >= 15 is 0 Å². The van der Waals surface area contributed by atoms with Gasteiger partial charge in [-0.3, -0.25) is 14.5 Å². The second kappa shape index (κ2) is 5.37. The molecule has 20 heavy (non-hydrogen) atoms. The lowest BCUT2D eigenvalue weighted by atomic mass is 9.95. The maximum absolute atomic E-state index is 12.7. The summed E-state index contributed by atoms with van der Waals surface area (Å²) >= 11 is 9.49. The molecule has 0 saturated carbocycles. The highest BCUT2D eigenvalue weighted by Gasteiger charge is 2.45. The number of carbonyl (C=O) groups is 2. The predicted molar refractivity (Wildman–Crippen MR) is 82.9 cm³/mol. The van der Waals surface area contributed by atoms with Crippen LogP contribution >= 0.6 is 27.5 Å². The van der Waals surface area contributed by atoms with E-state index in [0.29, 0.717) is 21.6 Å². The Hall–Kier alpha value is -1.07. The fraction of sp³-hybridized carbons (Fsp3) is 0.429. The lowest BCUT2D eigenvalue weighted by molar-refractivity contribution is -0.137. The molecule has 1 atom stereocenters. The van der Waals surface area contributed by atoms with Crippen LogP contribution in [0.5, 0.6) is 0 Å². The lowest BCUT2D eigenvalue weighted by Gasteiger charge is -2.42. The Kier molecular flexibility index (Phi) is 4.12. The van der Waals surface area contributed by atoms with Gasteiger partial charge in [0.2, 0.25) is 5.91 Å². The number of nitrogens with one attached hydrogen (secondary N) is 1. The Morgan fingerprint density at radius 3 is 2.65 bits per heavy atom. The molecule has 1 aliphatic heterocycles. The molecule has 1 unspecified atom stereocenters. The summed E-state index contributed by atoms with van der Waals surface area (Å²) < 4.78 is 0.624. The number of rotatable bonds is 2. The lowest BCUT2D eigenvalue weighted by Crippen LogP contribution is -2.68. The highest BCUT2D eigenvalue weighted by atomic mass is 79.9. The zero-order valence-corrected chi connectivity index (χ0v) is 13.9. The van der Waals surface area contributed by atoms with Crippen molar-refractivity contribution in [2.24, 2.45) is 0 Å². The van der Waals surface area contributed by atoms with E-state index in [1.54, 1.807) is 32.0 Å². The van der Waals surface area contributed by atoms with Crippen molar-refractivity contribution in [3.05, 3.63) is 27.7 Å². The van der Waals surface area contributed by atoms with Crippen LogP contribution in [0, 0.1) is 0 Å². The zero-order chi connectivity index (χ0) is 15.1. The fourth-order valence-electron chi connectivity index (χ4n) is 2.33. The number of amides is 2. The van der Waals surface area contributed by atoms with Crippen molar-refractivity contribution in [2.75, 3.05) is 4.90 Å². The molecule has 2 rings (SSSR count). The molecule has 0 radical (unpaired) electrons. The molecule has 2 amide bonds. The van der Waals surface area contributed by atoms with Crippen LogP contribution in [0.3, 0.4) is 0 Å². The van der Waals surface area contributed by atoms with Gasteiger partial charge in [0, 0.05) is 0 Å². The molecule has 6 heteroatoms. The standard InChI is InChI=1S/C14H16BrClN2O2/c1-4-9-12(19)17-14(2,3)13(20)18(9)10-7-5-6-8(16)11(10)15/h5-7,9H,4H2,1-3H3,(H,17,19). The maximum atomic E-state index is 12.7. The minimum Gasteiger partial charge on any atom is -0.340 e. The summed E-state index contributed by atoms with van der Waals surface area (Å²) in [7, 11) is 0. The van der Waals surface area contributed by atoms with Gasteiger partial charge in [0.05, 0.1) is 15.2 Å². The molecule has 0 spiro atoms. The highest BCUT2D eigenvalue weighted by molar-refractivity contribution is 9.10. The maximum Gasteiger partial charge on any atom is 0.252 e. The number of hydrogen-bond acceptors (Lipinski definition) is 2. The quantitative estimate of drug-likeness (QED) is 0.882. The number of carbonyl (C=O) groups excluding carboxylic acids is 2. The second-order valence-corrected chi connectivity index (χ2v) is 6.49. The van der Waals surface area contributed by atoms with Crippen molar-refractivity contribution in [3.8, 4) is 0 Å². The van der Waals surface area contributed by atoms with E-state index < -0.39 is 11.6 Å². The van der Waals surface area contributed by atoms with E-state index in [1.807, 2.05) is 6.92 Å². The predicted octanol–water partition coefficient (Wildman–Crippen LogP) is 3.12. The number of piperazine rings is 1. The third-order valence-electron chi connectivity index (χ3n) is 3.38. The van der Waals surface area contributed by atoms with Gasteiger partial charge in [0.1, 0.15) is 11.6 Å². The van der Waals surface area contributed by atoms with Crippen LogP contribution in [0.15, 0.2) is 22.7 Å². The van der Waals surface area contributed by atoms with Gasteiger partial charge in [0.15, 0.2) is 0 Å². The first kappa shape index (κ1) is 15.3. The van der Waals surface area contributed by atoms with E-state index in [1.165, 1.54) is 4.90 Å². The van der Waals surface area contributed by atoms with Gasteiger partial charge in [-0.15, -0.1) is 0 Å². The van der Waals surface area contributed by atoms with E-state index in [4.69, 9.17) is 11.6 Å². The van der Waals surface area contributed by atoms with Gasteiger partial charge in [0.25, 0.3) is 5.91 Å². The van der Waals surface area contributed by atoms with Crippen molar-refractivity contribution < 1.29 is 9.59 Å². The summed E-state index contributed by atoms with van der Waals surface area (Å²) in [5.74, 6) is -0.295. The van der Waals surface area contributed by atoms with E-state index in [9.17, 15) is 9.59 Å². The first-order valence-corrected chi connectivity index (χ1v) is 7.56. The number of halogens is 2. The van der Waals surface area contributed by atoms with Crippen LogP contribution < -0.4 is 10.2 Å². The SMILES string of the molecule is CCC1C(=O)NC(C)(C)C(=O)N1c1cccc(Cl)c1Br. The smallest absolute Gasteiger partial charge is 0.252 e. The Labute approximate surface area is 131 Å². The second-order valence-electron chi connectivity index (χ2n) is 5.29. The molecule has 108 valence electrons. The van der Waals surface area contributed by atoms with Crippen LogP contribution in [0.1, 0.15) is 27.2 Å². The molecule has 1 heterocycles. The summed E-state index contributed by atoms with van der Waals surface area (Å²) in [5.41, 5.74) is -0.304. The summed E-state index contributed by atoms with van der Waals surface area (Å²) in [6, 6.07) is 4.76. The Bertz CT molecular complexity index is 574. The molecule has 1 aromatic rings. The molecule has 1 fully saturated rings. The average Bonchev–Trinajstić information content (AvgIpc) is 2.37. The molecule has 1 aromatic carbocycles. The van der Waals surface area contributed by atoms with Crippen LogP contribution in [-0.4, -0.2) is 23.4 Å². The van der Waals surface area contributed by atoms with Gasteiger partial charge in [-0.2, -0.15) is 0 Å². The van der Waals surface area contributed by atoms with Gasteiger partial charge in [-0.25, -0.2) is 0 Å². The highest BCUT2D eigenvalue weighted by Crippen LogP contribution is 2.36. The topological polar surface area (TPSA) is 49.4 Å². The monoisotopic (exact) mass is 358 g/mol. The Balaban J connectivity index is 2.57. The van der Waals surface area contributed by atoms with Crippen molar-refractivity contribution >= 4 is 45.0 Å². The van der Waals surface area contributed by atoms with Crippen molar-refractivity contribution in [1.82, 2.24) is 5.32 Å². The largest absolute Gasteiger partial charge is 0.340 e. The first-order valence-electron chi connectivity index (χ1n) is 6.39. The minimum atomic E-state index is -0.926. The van der Waals surface area contributed by atoms with Crippen molar-refractivity contribution in [1.29, 1.82) is 0 Å². The van der Waals surface area contributed by atoms with Crippen LogP contribution in [0.25, 0.3) is 0 Å². The third kappa shape index (κ3) is 2.44. The number of hydrogen-bond donors (Lipinski definition) is 1. The molecule has 1 aliphatic rings. The molecular formula is C14H16BrClN2O2. The number of benzene rings is 1. The molecule has 0 aromatic heterocycles. The normalized spacial score (nSPS) is 21.9. The molecule has 0 bridgehead atoms. The third-order valence-corrected chi connectivity index (χ3v) is 4.76. The fourth-order valence-corrected chi connectivity index (χ4v) is 2.95. The summed E-state index contributed by atoms with van der Waals surface area (Å²) in [6.45, 7) is 5.27. The zero-order valence-electron chi connectivity index (χ0n) is 11.5. The van der Waals surface area contributed by atoms with Gasteiger partial charge in [-0.05, 0) is 48.3 Å². The van der Waals surface area contributed by atoms with Gasteiger partial charge >= 0.3 is 0 Å². The van der Waals surface area contributed by atoms with Crippen LogP contribution in [0.4, 0.5) is 5.69 Å². The first-order chi connectivity index (χ1) is 9.29. The van der Waals surface area contributed by atoms with E-state index in [-0.39, 0.29) is 11.8 Å². The molecular weight excluding hydrogens is 344 g/mol. The average molecular weight is 360 g/mol. The molecule has 4 nitrogen and oxygen atoms in total. The van der Waals surface area contributed by atoms with E-state index in [0.717, 1.165) is 0 Å². The van der Waals surface area contributed by atoms with Crippen molar-refractivity contribution in [2.45, 2.75) is 38.8 Å². The number of anilines is 1. The van der Waals surface area contributed by atoms with Crippen LogP contribution in [0.2, 0.25) is 5.02 Å². The molecule has 0 aliphatic carbocycles. The summed E-state index contributed by atoms with van der Waals surface area (Å²) in [5, 5.41) is 3.27. The Morgan fingerprint density at radius 2 is 2.05 bits per heavy atom. The number of nitrogens with zero attached hydrogens (tertiary/aromatic N) is 1.